The average molecular weight is 305 g/mol. The van der Waals surface area contributed by atoms with Gasteiger partial charge in [-0.3, -0.25) is 0 Å². The first-order valence-corrected chi connectivity index (χ1v) is 6.68. The zero-order valence-electron chi connectivity index (χ0n) is 11.6. The van der Waals surface area contributed by atoms with Gasteiger partial charge in [0.2, 0.25) is 0 Å². The molecule has 0 saturated carbocycles. The Morgan fingerprint density at radius 3 is 2.86 bits per heavy atom. The van der Waals surface area contributed by atoms with Gasteiger partial charge < -0.3 is 19.9 Å². The Morgan fingerprint density at radius 2 is 2.24 bits per heavy atom. The molecule has 1 aliphatic heterocycles. The van der Waals surface area contributed by atoms with Crippen LogP contribution in [0.5, 0.6) is 5.75 Å². The number of nitrogens with one attached hydrogen (secondary N) is 1. The van der Waals surface area contributed by atoms with E-state index < -0.39 is 12.0 Å². The molecule has 21 heavy (non-hydrogen) atoms. The summed E-state index contributed by atoms with van der Waals surface area (Å²) in [5.74, 6) is -0.252. The van der Waals surface area contributed by atoms with Crippen LogP contribution in [0.4, 0.5) is 13.2 Å². The van der Waals surface area contributed by atoms with Crippen molar-refractivity contribution in [2.45, 2.75) is 38.0 Å². The van der Waals surface area contributed by atoms with Crippen molar-refractivity contribution >= 4 is 0 Å². The molecule has 2 atom stereocenters. The molecule has 1 saturated heterocycles. The van der Waals surface area contributed by atoms with Gasteiger partial charge in [0.1, 0.15) is 11.4 Å². The van der Waals surface area contributed by atoms with E-state index in [4.69, 9.17) is 4.74 Å². The SMILES string of the molecule is CC1OCCC1(O)CNCc1cccc(OC(F)(F)F)c1. The van der Waals surface area contributed by atoms with Crippen LogP contribution >= 0.6 is 0 Å². The quantitative estimate of drug-likeness (QED) is 0.876. The molecule has 1 heterocycles. The van der Waals surface area contributed by atoms with E-state index in [1.165, 1.54) is 18.2 Å². The summed E-state index contributed by atoms with van der Waals surface area (Å²) in [6.07, 6.45) is -4.42. The number of hydrogen-bond donors (Lipinski definition) is 2. The monoisotopic (exact) mass is 305 g/mol. The van der Waals surface area contributed by atoms with Gasteiger partial charge in [0.15, 0.2) is 0 Å². The van der Waals surface area contributed by atoms with Crippen LogP contribution in [0.3, 0.4) is 0 Å². The Hall–Kier alpha value is -1.31. The number of benzene rings is 1. The first-order chi connectivity index (χ1) is 9.78. The van der Waals surface area contributed by atoms with Crippen LogP contribution in [-0.4, -0.2) is 36.3 Å². The maximum atomic E-state index is 12.1. The molecule has 1 aliphatic rings. The normalized spacial score (nSPS) is 26.0. The molecule has 2 rings (SSSR count). The van der Waals surface area contributed by atoms with Crippen molar-refractivity contribution in [1.29, 1.82) is 0 Å². The van der Waals surface area contributed by atoms with Gasteiger partial charge in [0.05, 0.1) is 6.10 Å². The fourth-order valence-electron chi connectivity index (χ4n) is 2.28. The fraction of sp³-hybridized carbons (Fsp3) is 0.571. The van der Waals surface area contributed by atoms with E-state index in [-0.39, 0.29) is 11.9 Å². The van der Waals surface area contributed by atoms with Gasteiger partial charge in [0, 0.05) is 26.1 Å². The second kappa shape index (κ2) is 6.21. The number of aliphatic hydroxyl groups is 1. The highest BCUT2D eigenvalue weighted by Gasteiger charge is 2.39. The highest BCUT2D eigenvalue weighted by Crippen LogP contribution is 2.25. The van der Waals surface area contributed by atoms with E-state index in [0.717, 1.165) is 0 Å². The molecule has 0 bridgehead atoms. The summed E-state index contributed by atoms with van der Waals surface area (Å²) >= 11 is 0. The van der Waals surface area contributed by atoms with Gasteiger partial charge in [-0.1, -0.05) is 12.1 Å². The predicted octanol–water partition coefficient (Wildman–Crippen LogP) is 2.21. The molecule has 0 aliphatic carbocycles. The lowest BCUT2D eigenvalue weighted by atomic mass is 9.96. The summed E-state index contributed by atoms with van der Waals surface area (Å²) in [6, 6.07) is 5.75. The van der Waals surface area contributed by atoms with E-state index in [9.17, 15) is 18.3 Å². The summed E-state index contributed by atoms with van der Waals surface area (Å²) in [7, 11) is 0. The fourth-order valence-corrected chi connectivity index (χ4v) is 2.28. The summed E-state index contributed by atoms with van der Waals surface area (Å²) in [6.45, 7) is 2.96. The van der Waals surface area contributed by atoms with Crippen LogP contribution in [0.25, 0.3) is 0 Å². The van der Waals surface area contributed by atoms with Gasteiger partial charge in [-0.05, 0) is 24.6 Å². The molecule has 1 fully saturated rings. The summed E-state index contributed by atoms with van der Waals surface area (Å²) in [5, 5.41) is 13.3. The lowest BCUT2D eigenvalue weighted by molar-refractivity contribution is -0.274. The van der Waals surface area contributed by atoms with Gasteiger partial charge in [-0.2, -0.15) is 0 Å². The summed E-state index contributed by atoms with van der Waals surface area (Å²) in [5.41, 5.74) is -0.285. The molecule has 0 spiro atoms. The van der Waals surface area contributed by atoms with E-state index in [0.29, 0.717) is 31.7 Å². The third-order valence-electron chi connectivity index (χ3n) is 3.55. The standard InChI is InChI=1S/C14H18F3NO3/c1-10-13(19,5-6-20-10)9-18-8-11-3-2-4-12(7-11)21-14(15,16)17/h2-4,7,10,18-19H,5-6,8-9H2,1H3. The van der Waals surface area contributed by atoms with Crippen molar-refractivity contribution < 1.29 is 27.8 Å². The first kappa shape index (κ1) is 16.1. The zero-order valence-corrected chi connectivity index (χ0v) is 11.6. The van der Waals surface area contributed by atoms with Crippen LogP contribution < -0.4 is 10.1 Å². The summed E-state index contributed by atoms with van der Waals surface area (Å²) in [4.78, 5) is 0. The van der Waals surface area contributed by atoms with E-state index in [2.05, 4.69) is 10.1 Å². The number of alkyl halides is 3. The minimum Gasteiger partial charge on any atom is -0.406 e. The van der Waals surface area contributed by atoms with Crippen molar-refractivity contribution in [2.75, 3.05) is 13.2 Å². The molecule has 7 heteroatoms. The molecule has 1 aromatic carbocycles. The number of hydrogen-bond acceptors (Lipinski definition) is 4. The topological polar surface area (TPSA) is 50.7 Å². The zero-order chi connectivity index (χ0) is 15.5. The van der Waals surface area contributed by atoms with Gasteiger partial charge in [-0.25, -0.2) is 0 Å². The Balaban J connectivity index is 1.87. The average Bonchev–Trinajstić information content (AvgIpc) is 2.68. The predicted molar refractivity (Wildman–Crippen MR) is 69.8 cm³/mol. The lowest BCUT2D eigenvalue weighted by Gasteiger charge is -2.26. The van der Waals surface area contributed by atoms with Crippen molar-refractivity contribution in [2.24, 2.45) is 0 Å². The minimum atomic E-state index is -4.70. The summed E-state index contributed by atoms with van der Waals surface area (Å²) < 4.78 is 45.6. The molecule has 4 nitrogen and oxygen atoms in total. The van der Waals surface area contributed by atoms with Crippen molar-refractivity contribution in [3.05, 3.63) is 29.8 Å². The van der Waals surface area contributed by atoms with E-state index >= 15 is 0 Å². The highest BCUT2D eigenvalue weighted by molar-refractivity contribution is 5.28. The van der Waals surface area contributed by atoms with Gasteiger partial charge in [0.25, 0.3) is 0 Å². The van der Waals surface area contributed by atoms with Gasteiger partial charge in [-0.15, -0.1) is 13.2 Å². The Kier molecular flexibility index (Phi) is 4.75. The Bertz CT molecular complexity index is 481. The second-order valence-corrected chi connectivity index (χ2v) is 5.17. The Labute approximate surface area is 120 Å². The lowest BCUT2D eigenvalue weighted by Crippen LogP contribution is -2.45. The van der Waals surface area contributed by atoms with Gasteiger partial charge >= 0.3 is 6.36 Å². The third kappa shape index (κ3) is 4.59. The molecule has 2 N–H and O–H groups in total. The molecule has 1 aromatic rings. The molecule has 0 aromatic heterocycles. The van der Waals surface area contributed by atoms with Crippen LogP contribution in [0.2, 0.25) is 0 Å². The third-order valence-corrected chi connectivity index (χ3v) is 3.55. The largest absolute Gasteiger partial charge is 0.573 e. The number of ether oxygens (including phenoxy) is 2. The van der Waals surface area contributed by atoms with Crippen molar-refractivity contribution in [3.63, 3.8) is 0 Å². The van der Waals surface area contributed by atoms with Crippen LogP contribution in [0, 0.1) is 0 Å². The molecule has 0 radical (unpaired) electrons. The van der Waals surface area contributed by atoms with Crippen molar-refractivity contribution in [1.82, 2.24) is 5.32 Å². The number of halogens is 3. The molecule has 118 valence electrons. The van der Waals surface area contributed by atoms with Crippen molar-refractivity contribution in [3.8, 4) is 5.75 Å². The van der Waals surface area contributed by atoms with Crippen LogP contribution in [0.15, 0.2) is 24.3 Å². The van der Waals surface area contributed by atoms with Crippen LogP contribution in [-0.2, 0) is 11.3 Å². The smallest absolute Gasteiger partial charge is 0.406 e. The maximum Gasteiger partial charge on any atom is 0.573 e. The van der Waals surface area contributed by atoms with E-state index in [1.807, 2.05) is 0 Å². The minimum absolute atomic E-state index is 0.252. The molecular formula is C14H18F3NO3. The first-order valence-electron chi connectivity index (χ1n) is 6.68. The van der Waals surface area contributed by atoms with E-state index in [1.54, 1.807) is 13.0 Å². The number of rotatable bonds is 5. The highest BCUT2D eigenvalue weighted by atomic mass is 19.4. The van der Waals surface area contributed by atoms with Crippen LogP contribution in [0.1, 0.15) is 18.9 Å². The second-order valence-electron chi connectivity index (χ2n) is 5.17. The molecule has 0 amide bonds. The Morgan fingerprint density at radius 1 is 1.48 bits per heavy atom. The molecular weight excluding hydrogens is 287 g/mol. The maximum absolute atomic E-state index is 12.1. The molecule has 2 unspecified atom stereocenters.